The van der Waals surface area contributed by atoms with Gasteiger partial charge in [-0.2, -0.15) is 11.8 Å². The lowest BCUT2D eigenvalue weighted by Crippen LogP contribution is -1.76. The third kappa shape index (κ3) is 4.79. The molecular formula is C12H16S. The molecule has 13 heavy (non-hydrogen) atoms. The molecule has 0 atom stereocenters. The third-order valence-corrected chi connectivity index (χ3v) is 2.80. The van der Waals surface area contributed by atoms with Gasteiger partial charge < -0.3 is 0 Å². The predicted octanol–water partition coefficient (Wildman–Crippen LogP) is 3.84. The first-order valence-electron chi connectivity index (χ1n) is 4.73. The van der Waals surface area contributed by atoms with Crippen molar-refractivity contribution in [2.75, 3.05) is 11.5 Å². The van der Waals surface area contributed by atoms with Crippen LogP contribution in [0.5, 0.6) is 0 Å². The summed E-state index contributed by atoms with van der Waals surface area (Å²) < 4.78 is 0. The monoisotopic (exact) mass is 192 g/mol. The van der Waals surface area contributed by atoms with Gasteiger partial charge >= 0.3 is 0 Å². The van der Waals surface area contributed by atoms with Crippen LogP contribution < -0.4 is 0 Å². The highest BCUT2D eigenvalue weighted by molar-refractivity contribution is 7.99. The second kappa shape index (κ2) is 6.79. The van der Waals surface area contributed by atoms with Gasteiger partial charge in [-0.05, 0) is 17.7 Å². The van der Waals surface area contributed by atoms with E-state index in [1.807, 2.05) is 17.8 Å². The first kappa shape index (κ1) is 10.4. The normalized spacial score (nSPS) is 10.8. The Morgan fingerprint density at radius 1 is 1.23 bits per heavy atom. The van der Waals surface area contributed by atoms with Gasteiger partial charge in [-0.25, -0.2) is 0 Å². The first-order chi connectivity index (χ1) is 6.43. The number of thioether (sulfide) groups is 1. The largest absolute Gasteiger partial charge is 0.158 e. The molecule has 0 aliphatic carbocycles. The summed E-state index contributed by atoms with van der Waals surface area (Å²) in [6.45, 7) is 2.22. The molecule has 0 amide bonds. The van der Waals surface area contributed by atoms with E-state index in [1.165, 1.54) is 17.7 Å². The van der Waals surface area contributed by atoms with Crippen molar-refractivity contribution in [3.8, 4) is 0 Å². The average Bonchev–Trinajstić information content (AvgIpc) is 2.19. The molecule has 0 N–H and O–H groups in total. The smallest absolute Gasteiger partial charge is 0.0116 e. The molecule has 0 heterocycles. The van der Waals surface area contributed by atoms with Crippen LogP contribution >= 0.6 is 11.8 Å². The Labute approximate surface area is 85.1 Å². The van der Waals surface area contributed by atoms with Gasteiger partial charge in [0.2, 0.25) is 0 Å². The standard InChI is InChI=1S/C12H16S/c1-2-10-13-11-6-9-12-7-4-3-5-8-12/h3-9H,2,10-11H2,1H3. The van der Waals surface area contributed by atoms with Gasteiger partial charge in [-0.15, -0.1) is 0 Å². The maximum Gasteiger partial charge on any atom is 0.0116 e. The van der Waals surface area contributed by atoms with Crippen LogP contribution in [0.3, 0.4) is 0 Å². The SMILES string of the molecule is CCCSCC=Cc1ccccc1. The lowest BCUT2D eigenvalue weighted by Gasteiger charge is -1.93. The summed E-state index contributed by atoms with van der Waals surface area (Å²) in [4.78, 5) is 0. The fourth-order valence-electron chi connectivity index (χ4n) is 1.04. The molecule has 0 aromatic heterocycles. The zero-order chi connectivity index (χ0) is 9.36. The average molecular weight is 192 g/mol. The van der Waals surface area contributed by atoms with Gasteiger partial charge in [0.05, 0.1) is 0 Å². The van der Waals surface area contributed by atoms with Crippen molar-refractivity contribution in [3.63, 3.8) is 0 Å². The Morgan fingerprint density at radius 2 is 2.00 bits per heavy atom. The lowest BCUT2D eigenvalue weighted by atomic mass is 10.2. The molecule has 0 aliphatic rings. The molecule has 0 unspecified atom stereocenters. The summed E-state index contributed by atoms with van der Waals surface area (Å²) in [7, 11) is 0. The van der Waals surface area contributed by atoms with Crippen LogP contribution in [0, 0.1) is 0 Å². The van der Waals surface area contributed by atoms with Crippen LogP contribution in [0.1, 0.15) is 18.9 Å². The number of hydrogen-bond acceptors (Lipinski definition) is 1. The van der Waals surface area contributed by atoms with E-state index in [0.29, 0.717) is 0 Å². The van der Waals surface area contributed by atoms with Crippen molar-refractivity contribution in [3.05, 3.63) is 42.0 Å². The Balaban J connectivity index is 2.25. The Bertz CT molecular complexity index is 239. The van der Waals surface area contributed by atoms with Gasteiger partial charge in [0.1, 0.15) is 0 Å². The minimum absolute atomic E-state index is 1.13. The van der Waals surface area contributed by atoms with E-state index in [9.17, 15) is 0 Å². The van der Waals surface area contributed by atoms with E-state index < -0.39 is 0 Å². The van der Waals surface area contributed by atoms with Crippen molar-refractivity contribution < 1.29 is 0 Å². The van der Waals surface area contributed by atoms with Crippen molar-refractivity contribution in [1.29, 1.82) is 0 Å². The minimum Gasteiger partial charge on any atom is -0.158 e. The maximum atomic E-state index is 2.23. The molecule has 0 bridgehead atoms. The summed E-state index contributed by atoms with van der Waals surface area (Å²) in [5, 5.41) is 0. The Hall–Kier alpha value is -0.690. The second-order valence-corrected chi connectivity index (χ2v) is 4.04. The zero-order valence-electron chi connectivity index (χ0n) is 8.07. The predicted molar refractivity (Wildman–Crippen MR) is 63.1 cm³/mol. The Kier molecular flexibility index (Phi) is 5.42. The zero-order valence-corrected chi connectivity index (χ0v) is 8.89. The van der Waals surface area contributed by atoms with Crippen molar-refractivity contribution in [2.24, 2.45) is 0 Å². The molecular weight excluding hydrogens is 176 g/mol. The van der Waals surface area contributed by atoms with E-state index in [0.717, 1.165) is 5.75 Å². The second-order valence-electron chi connectivity index (χ2n) is 2.89. The van der Waals surface area contributed by atoms with Crippen molar-refractivity contribution in [1.82, 2.24) is 0 Å². The number of benzene rings is 1. The lowest BCUT2D eigenvalue weighted by molar-refractivity contribution is 1.11. The number of rotatable bonds is 5. The molecule has 0 aliphatic heterocycles. The van der Waals surface area contributed by atoms with E-state index >= 15 is 0 Å². The van der Waals surface area contributed by atoms with Crippen molar-refractivity contribution >= 4 is 17.8 Å². The molecule has 70 valence electrons. The molecule has 1 aromatic rings. The van der Waals surface area contributed by atoms with Gasteiger partial charge in [-0.1, -0.05) is 49.4 Å². The van der Waals surface area contributed by atoms with Crippen molar-refractivity contribution in [2.45, 2.75) is 13.3 Å². The quantitative estimate of drug-likeness (QED) is 0.639. The van der Waals surface area contributed by atoms with Crippen LogP contribution in [-0.4, -0.2) is 11.5 Å². The summed E-state index contributed by atoms with van der Waals surface area (Å²) in [5.74, 6) is 2.39. The highest BCUT2D eigenvalue weighted by Gasteiger charge is 1.83. The third-order valence-electron chi connectivity index (χ3n) is 1.67. The highest BCUT2D eigenvalue weighted by atomic mass is 32.2. The summed E-state index contributed by atoms with van der Waals surface area (Å²) in [6.07, 6.45) is 5.68. The molecule has 0 radical (unpaired) electrons. The van der Waals surface area contributed by atoms with E-state index in [1.54, 1.807) is 0 Å². The van der Waals surface area contributed by atoms with E-state index in [2.05, 4.69) is 43.3 Å². The number of hydrogen-bond donors (Lipinski definition) is 0. The molecule has 1 heteroatoms. The highest BCUT2D eigenvalue weighted by Crippen LogP contribution is 2.05. The van der Waals surface area contributed by atoms with Crippen LogP contribution in [0.15, 0.2) is 36.4 Å². The fourth-order valence-corrected chi connectivity index (χ4v) is 1.73. The van der Waals surface area contributed by atoms with Gasteiger partial charge in [0, 0.05) is 5.75 Å². The van der Waals surface area contributed by atoms with Crippen LogP contribution in [0.2, 0.25) is 0 Å². The topological polar surface area (TPSA) is 0 Å². The Morgan fingerprint density at radius 3 is 2.69 bits per heavy atom. The van der Waals surface area contributed by atoms with Crippen LogP contribution in [0.25, 0.3) is 6.08 Å². The molecule has 0 spiro atoms. The van der Waals surface area contributed by atoms with E-state index in [4.69, 9.17) is 0 Å². The summed E-state index contributed by atoms with van der Waals surface area (Å²) >= 11 is 1.99. The van der Waals surface area contributed by atoms with Crippen LogP contribution in [-0.2, 0) is 0 Å². The molecule has 0 saturated heterocycles. The molecule has 0 nitrogen and oxygen atoms in total. The van der Waals surface area contributed by atoms with Gasteiger partial charge in [-0.3, -0.25) is 0 Å². The van der Waals surface area contributed by atoms with Gasteiger partial charge in [0.25, 0.3) is 0 Å². The minimum atomic E-state index is 1.13. The van der Waals surface area contributed by atoms with E-state index in [-0.39, 0.29) is 0 Å². The first-order valence-corrected chi connectivity index (χ1v) is 5.88. The molecule has 1 aromatic carbocycles. The fraction of sp³-hybridized carbons (Fsp3) is 0.333. The molecule has 0 saturated carbocycles. The summed E-state index contributed by atoms with van der Waals surface area (Å²) in [6, 6.07) is 10.4. The van der Waals surface area contributed by atoms with Crippen LogP contribution in [0.4, 0.5) is 0 Å². The molecule has 0 fully saturated rings. The van der Waals surface area contributed by atoms with Gasteiger partial charge in [0.15, 0.2) is 0 Å². The summed E-state index contributed by atoms with van der Waals surface area (Å²) in [5.41, 5.74) is 1.29. The maximum absolute atomic E-state index is 2.23. The molecule has 1 rings (SSSR count).